The standard InChI is InChI=1S/C16H22BrClFN/c1-10(2)9-16(7-3-4-8-16)15(20)11-5-6-12(17)13(18)14(11)19/h5-6,10,15H,3-4,7-9,20H2,1-2H3. The number of halogens is 3. The molecule has 0 radical (unpaired) electrons. The van der Waals surface area contributed by atoms with Crippen LogP contribution in [0.25, 0.3) is 0 Å². The molecule has 1 aromatic carbocycles. The number of nitrogens with two attached hydrogens (primary N) is 1. The summed E-state index contributed by atoms with van der Waals surface area (Å²) in [6.07, 6.45) is 5.58. The summed E-state index contributed by atoms with van der Waals surface area (Å²) in [5.41, 5.74) is 7.07. The lowest BCUT2D eigenvalue weighted by Crippen LogP contribution is -2.34. The predicted octanol–water partition coefficient (Wildman–Crippen LogP) is 5.85. The molecule has 1 atom stereocenters. The summed E-state index contributed by atoms with van der Waals surface area (Å²) < 4.78 is 15.0. The zero-order valence-corrected chi connectivity index (χ0v) is 14.4. The van der Waals surface area contributed by atoms with Crippen LogP contribution in [0.4, 0.5) is 4.39 Å². The maximum atomic E-state index is 14.4. The van der Waals surface area contributed by atoms with Crippen molar-refractivity contribution in [2.75, 3.05) is 0 Å². The molecule has 1 unspecified atom stereocenters. The predicted molar refractivity (Wildman–Crippen MR) is 86.4 cm³/mol. The smallest absolute Gasteiger partial charge is 0.147 e. The van der Waals surface area contributed by atoms with E-state index in [-0.39, 0.29) is 22.3 Å². The van der Waals surface area contributed by atoms with Gasteiger partial charge in [-0.25, -0.2) is 4.39 Å². The fourth-order valence-corrected chi connectivity index (χ4v) is 4.12. The Kier molecular flexibility index (Phi) is 5.14. The average Bonchev–Trinajstić information content (AvgIpc) is 2.84. The maximum Gasteiger partial charge on any atom is 0.147 e. The summed E-state index contributed by atoms with van der Waals surface area (Å²) in [5.74, 6) is 0.191. The van der Waals surface area contributed by atoms with Crippen molar-refractivity contribution in [2.45, 2.75) is 52.0 Å². The fourth-order valence-electron chi connectivity index (χ4n) is 3.65. The molecule has 1 aliphatic rings. The first kappa shape index (κ1) is 16.3. The van der Waals surface area contributed by atoms with Gasteiger partial charge in [-0.2, -0.15) is 0 Å². The second kappa shape index (κ2) is 6.33. The van der Waals surface area contributed by atoms with Crippen molar-refractivity contribution in [3.8, 4) is 0 Å². The molecule has 1 fully saturated rings. The van der Waals surface area contributed by atoms with Gasteiger partial charge < -0.3 is 5.73 Å². The van der Waals surface area contributed by atoms with E-state index < -0.39 is 0 Å². The molecule has 0 amide bonds. The van der Waals surface area contributed by atoms with Crippen LogP contribution in [0.15, 0.2) is 16.6 Å². The monoisotopic (exact) mass is 361 g/mol. The zero-order chi connectivity index (χ0) is 14.9. The first-order valence-electron chi connectivity index (χ1n) is 7.26. The van der Waals surface area contributed by atoms with Crippen molar-refractivity contribution in [3.05, 3.63) is 33.0 Å². The summed E-state index contributed by atoms with van der Waals surface area (Å²) in [7, 11) is 0. The van der Waals surface area contributed by atoms with Gasteiger partial charge in [-0.3, -0.25) is 0 Å². The van der Waals surface area contributed by atoms with Gasteiger partial charge in [-0.1, -0.05) is 44.4 Å². The third kappa shape index (κ3) is 3.05. The minimum atomic E-state index is -0.372. The minimum Gasteiger partial charge on any atom is -0.323 e. The van der Waals surface area contributed by atoms with E-state index in [1.54, 1.807) is 12.1 Å². The van der Waals surface area contributed by atoms with Crippen molar-refractivity contribution in [3.63, 3.8) is 0 Å². The van der Waals surface area contributed by atoms with Crippen molar-refractivity contribution in [1.82, 2.24) is 0 Å². The van der Waals surface area contributed by atoms with E-state index in [9.17, 15) is 4.39 Å². The Labute approximate surface area is 134 Å². The molecule has 20 heavy (non-hydrogen) atoms. The van der Waals surface area contributed by atoms with Gasteiger partial charge in [0.05, 0.1) is 5.02 Å². The van der Waals surface area contributed by atoms with Crippen LogP contribution >= 0.6 is 27.5 Å². The molecule has 0 bridgehead atoms. The lowest BCUT2D eigenvalue weighted by molar-refractivity contribution is 0.180. The van der Waals surface area contributed by atoms with Crippen molar-refractivity contribution < 1.29 is 4.39 Å². The summed E-state index contributed by atoms with van der Waals surface area (Å²) in [6.45, 7) is 4.41. The van der Waals surface area contributed by atoms with E-state index in [0.717, 1.165) is 19.3 Å². The highest BCUT2D eigenvalue weighted by Crippen LogP contribution is 2.51. The highest BCUT2D eigenvalue weighted by Gasteiger charge is 2.41. The van der Waals surface area contributed by atoms with Crippen LogP contribution < -0.4 is 5.73 Å². The maximum absolute atomic E-state index is 14.4. The van der Waals surface area contributed by atoms with Crippen molar-refractivity contribution in [1.29, 1.82) is 0 Å². The van der Waals surface area contributed by atoms with Gasteiger partial charge in [0.2, 0.25) is 0 Å². The van der Waals surface area contributed by atoms with Crippen LogP contribution in [0.5, 0.6) is 0 Å². The quantitative estimate of drug-likeness (QED) is 0.668. The molecule has 2 rings (SSSR count). The number of hydrogen-bond donors (Lipinski definition) is 1. The van der Waals surface area contributed by atoms with Gasteiger partial charge in [0.15, 0.2) is 0 Å². The largest absolute Gasteiger partial charge is 0.323 e. The lowest BCUT2D eigenvalue weighted by atomic mass is 9.70. The Morgan fingerprint density at radius 3 is 2.50 bits per heavy atom. The van der Waals surface area contributed by atoms with Gasteiger partial charge in [0.25, 0.3) is 0 Å². The third-order valence-corrected chi connectivity index (χ3v) is 5.73. The topological polar surface area (TPSA) is 26.0 Å². The van der Waals surface area contributed by atoms with Gasteiger partial charge in [-0.05, 0) is 52.6 Å². The normalized spacial score (nSPS) is 19.6. The van der Waals surface area contributed by atoms with Crippen molar-refractivity contribution >= 4 is 27.5 Å². The van der Waals surface area contributed by atoms with Crippen LogP contribution in [0.2, 0.25) is 5.02 Å². The van der Waals surface area contributed by atoms with Crippen LogP contribution in [0, 0.1) is 17.2 Å². The first-order chi connectivity index (χ1) is 9.37. The molecule has 0 heterocycles. The molecule has 0 saturated heterocycles. The molecular weight excluding hydrogens is 341 g/mol. The Hall–Kier alpha value is -0.120. The fraction of sp³-hybridized carbons (Fsp3) is 0.625. The van der Waals surface area contributed by atoms with E-state index in [0.29, 0.717) is 16.0 Å². The minimum absolute atomic E-state index is 0.0200. The van der Waals surface area contributed by atoms with Crippen LogP contribution in [0.1, 0.15) is 57.6 Å². The van der Waals surface area contributed by atoms with Gasteiger partial charge in [-0.15, -0.1) is 0 Å². The summed E-state index contributed by atoms with van der Waals surface area (Å²) in [6, 6.07) is 3.28. The highest BCUT2D eigenvalue weighted by molar-refractivity contribution is 9.10. The Balaban J connectivity index is 2.38. The molecule has 1 saturated carbocycles. The molecule has 0 aromatic heterocycles. The van der Waals surface area contributed by atoms with Gasteiger partial charge in [0.1, 0.15) is 5.82 Å². The van der Waals surface area contributed by atoms with Crippen LogP contribution in [-0.2, 0) is 0 Å². The Morgan fingerprint density at radius 2 is 1.95 bits per heavy atom. The summed E-state index contributed by atoms with van der Waals surface area (Å²) in [5, 5.41) is 0.135. The lowest BCUT2D eigenvalue weighted by Gasteiger charge is -2.37. The van der Waals surface area contributed by atoms with Crippen LogP contribution in [-0.4, -0.2) is 0 Å². The zero-order valence-electron chi connectivity index (χ0n) is 12.1. The molecule has 0 spiro atoms. The molecule has 0 aliphatic heterocycles. The van der Waals surface area contributed by atoms with Crippen LogP contribution in [0.3, 0.4) is 0 Å². The van der Waals surface area contributed by atoms with E-state index >= 15 is 0 Å². The molecule has 112 valence electrons. The number of hydrogen-bond acceptors (Lipinski definition) is 1. The molecule has 1 aromatic rings. The van der Waals surface area contributed by atoms with E-state index in [2.05, 4.69) is 29.8 Å². The third-order valence-electron chi connectivity index (χ3n) is 4.47. The Morgan fingerprint density at radius 1 is 1.35 bits per heavy atom. The number of benzene rings is 1. The second-order valence-corrected chi connectivity index (χ2v) is 7.64. The number of rotatable bonds is 4. The molecule has 4 heteroatoms. The SMILES string of the molecule is CC(C)CC1(C(N)c2ccc(Br)c(Cl)c2F)CCCC1. The molecule has 2 N–H and O–H groups in total. The van der Waals surface area contributed by atoms with E-state index in [1.807, 2.05) is 0 Å². The van der Waals surface area contributed by atoms with Gasteiger partial charge in [0, 0.05) is 16.1 Å². The second-order valence-electron chi connectivity index (χ2n) is 6.41. The highest BCUT2D eigenvalue weighted by atomic mass is 79.9. The van der Waals surface area contributed by atoms with Crippen molar-refractivity contribution in [2.24, 2.45) is 17.1 Å². The van der Waals surface area contributed by atoms with E-state index in [1.165, 1.54) is 12.8 Å². The summed E-state index contributed by atoms with van der Waals surface area (Å²) >= 11 is 9.26. The summed E-state index contributed by atoms with van der Waals surface area (Å²) in [4.78, 5) is 0. The van der Waals surface area contributed by atoms with Gasteiger partial charge >= 0.3 is 0 Å². The average molecular weight is 363 g/mol. The Bertz CT molecular complexity index is 484. The molecule has 1 aliphatic carbocycles. The van der Waals surface area contributed by atoms with E-state index in [4.69, 9.17) is 17.3 Å². The molecule has 1 nitrogen and oxygen atoms in total. The first-order valence-corrected chi connectivity index (χ1v) is 8.43. The molecular formula is C16H22BrClFN.